The number of aromatic amines is 1. The second kappa shape index (κ2) is 20.5. The number of ether oxygens (including phenoxy) is 8. The number of rotatable bonds is 12. The predicted octanol–water partition coefficient (Wildman–Crippen LogP) is 7.55. The number of aryl methyl sites for hydroxylation is 1. The van der Waals surface area contributed by atoms with Gasteiger partial charge in [0.05, 0.1) is 61.1 Å². The molecule has 2 aliphatic carbocycles. The number of aliphatic hydroxyl groups is 1. The highest BCUT2D eigenvalue weighted by molar-refractivity contribution is 6.15. The van der Waals surface area contributed by atoms with Crippen LogP contribution in [-0.2, 0) is 37.9 Å². The lowest BCUT2D eigenvalue weighted by molar-refractivity contribution is -0.338. The Hall–Kier alpha value is -5.82. The van der Waals surface area contributed by atoms with E-state index in [0.717, 1.165) is 21.9 Å². The summed E-state index contributed by atoms with van der Waals surface area (Å²) in [5, 5.41) is 17.7. The van der Waals surface area contributed by atoms with E-state index in [1.165, 1.54) is 13.2 Å². The fraction of sp³-hybridized carbons (Fsp3) is 0.519. The van der Waals surface area contributed by atoms with E-state index in [0.29, 0.717) is 23.1 Å². The second-order valence-corrected chi connectivity index (χ2v) is 19.3. The zero-order chi connectivity index (χ0) is 50.1. The van der Waals surface area contributed by atoms with Crippen molar-refractivity contribution in [3.8, 4) is 23.7 Å². The van der Waals surface area contributed by atoms with Crippen LogP contribution in [0, 0.1) is 47.4 Å². The topological polar surface area (TPSA) is 189 Å². The zero-order valence-corrected chi connectivity index (χ0v) is 41.4. The van der Waals surface area contributed by atoms with Gasteiger partial charge in [0.2, 0.25) is 5.79 Å². The Morgan fingerprint density at radius 3 is 2.56 bits per heavy atom. The number of Topliss-reactive ketones (excluding diaryl/α,β-unsaturated/α-hetero) is 1. The number of ketones is 1. The molecule has 3 fully saturated rings. The minimum atomic E-state index is -1.69. The van der Waals surface area contributed by atoms with Crippen LogP contribution in [0.4, 0.5) is 9.59 Å². The van der Waals surface area contributed by atoms with Crippen LogP contribution in [0.3, 0.4) is 0 Å². The SMILES string of the molecule is C=CCOC(=O)N(C(C)C)C1COC(OC2C(O[C@H]3C#C/C=C\C#C[C@]4(C)CC5(OCCO5)C(NC(=O)OC)=C3/C4=C\CC)OC(C)C(C)(C(=O)c3nccc4c3[nH]c3ccc(C)cc34)C2O)CC1C. The van der Waals surface area contributed by atoms with Crippen molar-refractivity contribution in [2.45, 2.75) is 130 Å². The average molecular weight is 961 g/mol. The highest BCUT2D eigenvalue weighted by Crippen LogP contribution is 2.53. The maximum Gasteiger partial charge on any atom is 0.411 e. The summed E-state index contributed by atoms with van der Waals surface area (Å²) in [5.41, 5.74) is 1.27. The number of hydrogen-bond acceptors (Lipinski definition) is 13. The Kier molecular flexibility index (Phi) is 14.8. The second-order valence-electron chi connectivity index (χ2n) is 19.3. The first-order valence-corrected chi connectivity index (χ1v) is 24.0. The van der Waals surface area contributed by atoms with Gasteiger partial charge in [0, 0.05) is 46.9 Å². The molecule has 3 aromatic rings. The summed E-state index contributed by atoms with van der Waals surface area (Å²) in [6.45, 7) is 19.4. The molecule has 1 aromatic carbocycles. The van der Waals surface area contributed by atoms with Gasteiger partial charge < -0.3 is 52.9 Å². The number of allylic oxidation sites excluding steroid dienone is 3. The number of fused-ring (bicyclic) bond motifs is 5. The molecule has 3 aliphatic heterocycles. The van der Waals surface area contributed by atoms with Gasteiger partial charge >= 0.3 is 12.2 Å². The summed E-state index contributed by atoms with van der Waals surface area (Å²) in [4.78, 5) is 51.6. The molecule has 3 N–H and O–H groups in total. The molecule has 5 heterocycles. The van der Waals surface area contributed by atoms with E-state index in [-0.39, 0.29) is 68.7 Å². The Labute approximate surface area is 409 Å². The van der Waals surface area contributed by atoms with Crippen LogP contribution in [0.15, 0.2) is 78.2 Å². The van der Waals surface area contributed by atoms with Crippen molar-refractivity contribution in [1.29, 1.82) is 0 Å². The molecule has 5 aliphatic rings. The van der Waals surface area contributed by atoms with E-state index in [1.54, 1.807) is 37.1 Å². The molecule has 372 valence electrons. The quantitative estimate of drug-likeness (QED) is 0.0918. The molecule has 2 amide bonds. The molecule has 10 atom stereocenters. The highest BCUT2D eigenvalue weighted by Gasteiger charge is 2.60. The van der Waals surface area contributed by atoms with E-state index in [9.17, 15) is 14.7 Å². The number of nitrogens with one attached hydrogen (secondary N) is 2. The van der Waals surface area contributed by atoms with Gasteiger partial charge in [-0.05, 0) is 89.8 Å². The number of amides is 2. The Morgan fingerprint density at radius 1 is 1.10 bits per heavy atom. The lowest BCUT2D eigenvalue weighted by Crippen LogP contribution is -2.65. The van der Waals surface area contributed by atoms with Crippen molar-refractivity contribution in [2.24, 2.45) is 16.7 Å². The third-order valence-corrected chi connectivity index (χ3v) is 14.2. The minimum Gasteiger partial charge on any atom is -0.453 e. The normalized spacial score (nSPS) is 31.4. The summed E-state index contributed by atoms with van der Waals surface area (Å²) in [5.74, 6) is 10.7. The number of nitrogens with zero attached hydrogens (tertiary/aromatic N) is 2. The molecule has 8 rings (SSSR count). The molecule has 2 bridgehead atoms. The van der Waals surface area contributed by atoms with Crippen LogP contribution in [0.2, 0.25) is 0 Å². The van der Waals surface area contributed by atoms with Crippen molar-refractivity contribution in [2.75, 3.05) is 33.5 Å². The van der Waals surface area contributed by atoms with Crippen LogP contribution in [0.5, 0.6) is 0 Å². The first-order valence-electron chi connectivity index (χ1n) is 24.0. The third kappa shape index (κ3) is 9.30. The maximum absolute atomic E-state index is 15.3. The number of carbonyl (C=O) groups excluding carboxylic acids is 3. The molecule has 16 nitrogen and oxygen atoms in total. The molecule has 0 radical (unpaired) electrons. The largest absolute Gasteiger partial charge is 0.453 e. The number of methoxy groups -OCH3 is 1. The van der Waals surface area contributed by atoms with E-state index < -0.39 is 71.6 Å². The van der Waals surface area contributed by atoms with E-state index in [2.05, 4.69) is 45.5 Å². The molecular formula is C54H64N4O12. The fourth-order valence-corrected chi connectivity index (χ4v) is 10.5. The van der Waals surface area contributed by atoms with Crippen molar-refractivity contribution in [3.05, 3.63) is 89.4 Å². The summed E-state index contributed by atoms with van der Waals surface area (Å²) >= 11 is 0. The van der Waals surface area contributed by atoms with Crippen molar-refractivity contribution in [3.63, 3.8) is 0 Å². The van der Waals surface area contributed by atoms with E-state index in [4.69, 9.17) is 37.9 Å². The fourth-order valence-electron chi connectivity index (χ4n) is 10.5. The van der Waals surface area contributed by atoms with Crippen LogP contribution in [0.25, 0.3) is 21.8 Å². The molecule has 70 heavy (non-hydrogen) atoms. The molecule has 3 saturated heterocycles. The summed E-state index contributed by atoms with van der Waals surface area (Å²) < 4.78 is 50.6. The van der Waals surface area contributed by atoms with Gasteiger partial charge in [-0.25, -0.2) is 9.59 Å². The van der Waals surface area contributed by atoms with Gasteiger partial charge in [-0.3, -0.25) is 15.1 Å². The molecule has 2 aromatic heterocycles. The maximum atomic E-state index is 15.3. The lowest BCUT2D eigenvalue weighted by atomic mass is 9.66. The Bertz CT molecular complexity index is 2750. The molecule has 16 heteroatoms. The van der Waals surface area contributed by atoms with Gasteiger partial charge in [0.1, 0.15) is 30.6 Å². The monoisotopic (exact) mass is 960 g/mol. The number of aliphatic hydroxyl groups excluding tert-OH is 1. The molecule has 0 saturated carbocycles. The van der Waals surface area contributed by atoms with Gasteiger partial charge in [0.25, 0.3) is 0 Å². The van der Waals surface area contributed by atoms with Crippen molar-refractivity contribution in [1.82, 2.24) is 20.2 Å². The summed E-state index contributed by atoms with van der Waals surface area (Å²) in [7, 11) is 1.26. The summed E-state index contributed by atoms with van der Waals surface area (Å²) in [6, 6.07) is 7.26. The number of H-pyrrole nitrogens is 1. The third-order valence-electron chi connectivity index (χ3n) is 14.2. The molecule has 1 spiro atoms. The predicted molar refractivity (Wildman–Crippen MR) is 260 cm³/mol. The van der Waals surface area contributed by atoms with Gasteiger partial charge in [-0.2, -0.15) is 0 Å². The number of pyridine rings is 1. The van der Waals surface area contributed by atoms with Crippen LogP contribution < -0.4 is 5.32 Å². The summed E-state index contributed by atoms with van der Waals surface area (Å²) in [6.07, 6.45) is 0.514. The van der Waals surface area contributed by atoms with Gasteiger partial charge in [-0.15, -0.1) is 0 Å². The smallest absolute Gasteiger partial charge is 0.411 e. The van der Waals surface area contributed by atoms with Crippen LogP contribution in [0.1, 0.15) is 83.8 Å². The minimum absolute atomic E-state index is 0.0544. The lowest BCUT2D eigenvalue weighted by Gasteiger charge is -2.51. The standard InChI is InChI=1S/C54H64N4O12/c1-11-17-37-42-40(18-15-13-14-16-22-52(37,8)30-54(66-25-26-67-54)46(42)57-50(61)63-10)69-49-45(70-41-28-33(6)39(29-65-41)58(31(3)4)51(62)64-24-12-2)48(60)53(9,34(7)68-49)47(59)44-43-35(21-23-55-44)36-27-32(5)19-20-38(36)56-43/h12-14,17,19-21,23,27,31,33-34,39-41,45,48-49,56,60H,2,11,24-26,28-30H2,1,3-10H3,(H,57,61)/b14-13-,37-17+/t33?,34?,39?,40-,41?,45?,48?,49?,52+,53?/m0/s1. The zero-order valence-electron chi connectivity index (χ0n) is 41.4. The van der Waals surface area contributed by atoms with E-state index >= 15 is 4.79 Å². The molecule has 8 unspecified atom stereocenters. The number of aromatic nitrogens is 2. The van der Waals surface area contributed by atoms with Crippen molar-refractivity contribution >= 4 is 39.8 Å². The number of hydrogen-bond donors (Lipinski definition) is 3. The van der Waals surface area contributed by atoms with Gasteiger partial charge in [0.15, 0.2) is 18.4 Å². The molecular weight excluding hydrogens is 897 g/mol. The van der Waals surface area contributed by atoms with Crippen LogP contribution >= 0.6 is 0 Å². The van der Waals surface area contributed by atoms with Crippen LogP contribution in [-0.4, -0.2) is 126 Å². The number of alkyl carbamates (subject to hydrolysis) is 1. The van der Waals surface area contributed by atoms with E-state index in [1.807, 2.05) is 71.9 Å². The Balaban J connectivity index is 1.22. The average Bonchev–Trinajstić information content (AvgIpc) is 3.96. The van der Waals surface area contributed by atoms with Gasteiger partial charge in [-0.1, -0.05) is 67.9 Å². The first kappa shape index (κ1) is 50.6. The van der Waals surface area contributed by atoms with Crippen molar-refractivity contribution < 1.29 is 57.4 Å². The number of benzene rings is 1. The highest BCUT2D eigenvalue weighted by atomic mass is 16.7. The number of carbonyl (C=O) groups is 3. The first-order chi connectivity index (χ1) is 33.5. The Morgan fingerprint density at radius 2 is 1.86 bits per heavy atom.